The Bertz CT molecular complexity index is 354. The minimum atomic E-state index is -2.95. The van der Waals surface area contributed by atoms with Crippen molar-refractivity contribution in [2.24, 2.45) is 0 Å². The van der Waals surface area contributed by atoms with Crippen molar-refractivity contribution in [3.05, 3.63) is 11.1 Å². The van der Waals surface area contributed by atoms with Crippen LogP contribution in [0.4, 0.5) is 0 Å². The smallest absolute Gasteiger partial charge is 0.212 e. The third-order valence-electron chi connectivity index (χ3n) is 3.18. The summed E-state index contributed by atoms with van der Waals surface area (Å²) in [6.45, 7) is 3.33. The third kappa shape index (κ3) is 2.61. The molecule has 0 amide bonds. The van der Waals surface area contributed by atoms with Crippen molar-refractivity contribution < 1.29 is 8.42 Å². The van der Waals surface area contributed by atoms with E-state index in [1.807, 2.05) is 6.92 Å². The number of nitrogens with zero attached hydrogens (tertiary/aromatic N) is 1. The van der Waals surface area contributed by atoms with Crippen LogP contribution in [0, 0.1) is 0 Å². The Morgan fingerprint density at radius 2 is 1.60 bits per heavy atom. The van der Waals surface area contributed by atoms with Crippen LogP contribution in [0.3, 0.4) is 0 Å². The van der Waals surface area contributed by atoms with Gasteiger partial charge in [-0.2, -0.15) is 0 Å². The minimum absolute atomic E-state index is 0.304. The summed E-state index contributed by atoms with van der Waals surface area (Å²) in [6, 6.07) is 0. The van der Waals surface area contributed by atoms with Gasteiger partial charge in [0, 0.05) is 13.1 Å². The van der Waals surface area contributed by atoms with Gasteiger partial charge in [0.05, 0.1) is 5.75 Å². The van der Waals surface area contributed by atoms with Crippen molar-refractivity contribution in [3.8, 4) is 0 Å². The van der Waals surface area contributed by atoms with Gasteiger partial charge >= 0.3 is 0 Å². The van der Waals surface area contributed by atoms with E-state index in [1.165, 1.54) is 18.4 Å². The van der Waals surface area contributed by atoms with E-state index in [0.717, 1.165) is 12.8 Å². The molecule has 2 rings (SSSR count). The number of sulfonamides is 1. The second kappa shape index (κ2) is 4.26. The van der Waals surface area contributed by atoms with E-state index < -0.39 is 10.0 Å². The fourth-order valence-corrected chi connectivity index (χ4v) is 3.70. The summed E-state index contributed by atoms with van der Waals surface area (Å²) < 4.78 is 25.2. The first-order valence-corrected chi connectivity index (χ1v) is 7.42. The average molecular weight is 229 g/mol. The average Bonchev–Trinajstić information content (AvgIpc) is 3.01. The summed E-state index contributed by atoms with van der Waals surface area (Å²) in [7, 11) is -2.95. The molecule has 0 N–H and O–H groups in total. The molecular weight excluding hydrogens is 210 g/mol. The van der Waals surface area contributed by atoms with Crippen LogP contribution in [0.5, 0.6) is 0 Å². The molecule has 2 fully saturated rings. The molecule has 15 heavy (non-hydrogen) atoms. The number of rotatable bonds is 3. The number of hydrogen-bond acceptors (Lipinski definition) is 2. The van der Waals surface area contributed by atoms with E-state index >= 15 is 0 Å². The fourth-order valence-electron chi connectivity index (χ4n) is 2.19. The van der Waals surface area contributed by atoms with Crippen molar-refractivity contribution in [1.82, 2.24) is 4.31 Å². The van der Waals surface area contributed by atoms with Gasteiger partial charge in [-0.3, -0.25) is 0 Å². The number of piperidine rings is 1. The van der Waals surface area contributed by atoms with Crippen molar-refractivity contribution in [2.45, 2.75) is 39.0 Å². The zero-order valence-electron chi connectivity index (χ0n) is 9.33. The lowest BCUT2D eigenvalue weighted by atomic mass is 10.1. The number of allylic oxidation sites excluding steroid dienone is 1. The Balaban J connectivity index is 1.95. The first-order valence-electron chi connectivity index (χ1n) is 5.81. The maximum atomic E-state index is 11.8. The zero-order valence-corrected chi connectivity index (χ0v) is 10.1. The Hall–Kier alpha value is -0.350. The molecule has 2 aliphatic rings. The van der Waals surface area contributed by atoms with Crippen molar-refractivity contribution in [1.29, 1.82) is 0 Å². The molecule has 0 atom stereocenters. The molecule has 0 unspecified atom stereocenters. The molecule has 0 aromatic carbocycles. The SMILES string of the molecule is CCCS(=O)(=O)N1CCC(=C2CC2)CC1. The van der Waals surface area contributed by atoms with E-state index in [0.29, 0.717) is 25.3 Å². The lowest BCUT2D eigenvalue weighted by Gasteiger charge is -2.27. The number of hydrogen-bond donors (Lipinski definition) is 0. The van der Waals surface area contributed by atoms with Gasteiger partial charge in [-0.1, -0.05) is 18.1 Å². The fraction of sp³-hybridized carbons (Fsp3) is 0.818. The maximum absolute atomic E-state index is 11.8. The van der Waals surface area contributed by atoms with Gasteiger partial charge in [-0.15, -0.1) is 0 Å². The molecule has 0 aromatic heterocycles. The van der Waals surface area contributed by atoms with E-state index in [4.69, 9.17) is 0 Å². The van der Waals surface area contributed by atoms with Gasteiger partial charge in [0.15, 0.2) is 0 Å². The van der Waals surface area contributed by atoms with Crippen LogP contribution in [-0.2, 0) is 10.0 Å². The summed E-state index contributed by atoms with van der Waals surface area (Å²) in [6.07, 6.45) is 5.18. The van der Waals surface area contributed by atoms with Crippen LogP contribution >= 0.6 is 0 Å². The van der Waals surface area contributed by atoms with Crippen molar-refractivity contribution >= 4 is 10.0 Å². The molecule has 0 aromatic rings. The highest BCUT2D eigenvalue weighted by atomic mass is 32.2. The molecule has 3 nitrogen and oxygen atoms in total. The van der Waals surface area contributed by atoms with E-state index in [-0.39, 0.29) is 0 Å². The predicted molar refractivity (Wildman–Crippen MR) is 61.1 cm³/mol. The van der Waals surface area contributed by atoms with Gasteiger partial charge in [-0.25, -0.2) is 12.7 Å². The van der Waals surface area contributed by atoms with Crippen LogP contribution in [0.1, 0.15) is 39.0 Å². The third-order valence-corrected chi connectivity index (χ3v) is 5.26. The summed E-state index contributed by atoms with van der Waals surface area (Å²) in [5.41, 5.74) is 3.14. The molecule has 0 bridgehead atoms. The molecule has 86 valence electrons. The van der Waals surface area contributed by atoms with Crippen molar-refractivity contribution in [2.75, 3.05) is 18.8 Å². The largest absolute Gasteiger partial charge is 0.214 e. The highest BCUT2D eigenvalue weighted by Gasteiger charge is 2.27. The lowest BCUT2D eigenvalue weighted by Crippen LogP contribution is -2.37. The summed E-state index contributed by atoms with van der Waals surface area (Å²) in [5.74, 6) is 0.304. The van der Waals surface area contributed by atoms with Gasteiger partial charge < -0.3 is 0 Å². The standard InChI is InChI=1S/C11H19NO2S/c1-2-9-15(13,14)12-7-5-11(6-8-12)10-3-4-10/h2-9H2,1H3. The Kier molecular flexibility index (Phi) is 3.16. The summed E-state index contributed by atoms with van der Waals surface area (Å²) in [4.78, 5) is 0. The Morgan fingerprint density at radius 1 is 1.07 bits per heavy atom. The zero-order chi connectivity index (χ0) is 10.9. The molecule has 1 saturated carbocycles. The van der Waals surface area contributed by atoms with Gasteiger partial charge in [0.2, 0.25) is 10.0 Å². The van der Waals surface area contributed by atoms with E-state index in [1.54, 1.807) is 9.88 Å². The van der Waals surface area contributed by atoms with Crippen LogP contribution < -0.4 is 0 Å². The van der Waals surface area contributed by atoms with Crippen LogP contribution in [-0.4, -0.2) is 31.6 Å². The van der Waals surface area contributed by atoms with Crippen LogP contribution in [0.2, 0.25) is 0 Å². The quantitative estimate of drug-likeness (QED) is 0.693. The second-order valence-electron chi connectivity index (χ2n) is 4.42. The van der Waals surface area contributed by atoms with Gasteiger partial charge in [0.25, 0.3) is 0 Å². The minimum Gasteiger partial charge on any atom is -0.212 e. The van der Waals surface area contributed by atoms with Gasteiger partial charge in [0.1, 0.15) is 0 Å². The first-order chi connectivity index (χ1) is 7.13. The topological polar surface area (TPSA) is 37.4 Å². The van der Waals surface area contributed by atoms with E-state index in [9.17, 15) is 8.42 Å². The normalized spacial score (nSPS) is 23.3. The van der Waals surface area contributed by atoms with Crippen molar-refractivity contribution in [3.63, 3.8) is 0 Å². The van der Waals surface area contributed by atoms with Crippen LogP contribution in [0.15, 0.2) is 11.1 Å². The first kappa shape index (κ1) is 11.1. The van der Waals surface area contributed by atoms with Crippen LogP contribution in [0.25, 0.3) is 0 Å². The monoisotopic (exact) mass is 229 g/mol. The molecular formula is C11H19NO2S. The molecule has 1 aliphatic heterocycles. The molecule has 0 radical (unpaired) electrons. The van der Waals surface area contributed by atoms with E-state index in [2.05, 4.69) is 0 Å². The summed E-state index contributed by atoms with van der Waals surface area (Å²) in [5, 5.41) is 0. The molecule has 4 heteroatoms. The summed E-state index contributed by atoms with van der Waals surface area (Å²) >= 11 is 0. The van der Waals surface area contributed by atoms with Gasteiger partial charge in [-0.05, 0) is 32.1 Å². The highest BCUT2D eigenvalue weighted by Crippen LogP contribution is 2.36. The molecule has 1 aliphatic carbocycles. The molecule has 1 saturated heterocycles. The molecule has 0 spiro atoms. The Labute approximate surface area is 92.2 Å². The lowest BCUT2D eigenvalue weighted by molar-refractivity contribution is 0.386. The predicted octanol–water partition coefficient (Wildman–Crippen LogP) is 1.91. The Morgan fingerprint density at radius 3 is 2.07 bits per heavy atom. The highest BCUT2D eigenvalue weighted by molar-refractivity contribution is 7.89. The maximum Gasteiger partial charge on any atom is 0.214 e. The molecule has 1 heterocycles. The second-order valence-corrected chi connectivity index (χ2v) is 6.51.